The Hall–Kier alpha value is -1.06. The Kier molecular flexibility index (Phi) is 6.07. The van der Waals surface area contributed by atoms with E-state index in [1.54, 1.807) is 0 Å². The number of nitrogens with one attached hydrogen (secondary N) is 1. The smallest absolute Gasteiger partial charge is 0.242 e. The van der Waals surface area contributed by atoms with Crippen molar-refractivity contribution in [1.82, 2.24) is 10.2 Å². The summed E-state index contributed by atoms with van der Waals surface area (Å²) < 4.78 is 0. The second-order valence-corrected chi connectivity index (χ2v) is 6.71. The molecule has 0 bridgehead atoms. The van der Waals surface area contributed by atoms with Crippen LogP contribution in [0.2, 0.25) is 0 Å². The lowest BCUT2D eigenvalue weighted by Gasteiger charge is -2.35. The summed E-state index contributed by atoms with van der Waals surface area (Å²) >= 11 is 0. The van der Waals surface area contributed by atoms with Gasteiger partial charge in [-0.3, -0.25) is 9.59 Å². The van der Waals surface area contributed by atoms with Crippen LogP contribution >= 0.6 is 0 Å². The van der Waals surface area contributed by atoms with Crippen LogP contribution < -0.4 is 5.32 Å². The predicted octanol–water partition coefficient (Wildman–Crippen LogP) is 2.72. The number of carbonyl (C=O) groups is 2. The number of rotatable bonds is 7. The maximum Gasteiger partial charge on any atom is 0.242 e. The molecule has 3 atom stereocenters. The van der Waals surface area contributed by atoms with Gasteiger partial charge in [0.1, 0.15) is 6.04 Å². The number of carbonyl (C=O) groups excluding carboxylic acids is 2. The van der Waals surface area contributed by atoms with Crippen molar-refractivity contribution in [1.29, 1.82) is 0 Å². The number of hydrogen-bond acceptors (Lipinski definition) is 2. The molecule has 0 radical (unpaired) electrons. The van der Waals surface area contributed by atoms with Crippen LogP contribution in [-0.4, -0.2) is 35.8 Å². The molecule has 1 aliphatic heterocycles. The van der Waals surface area contributed by atoms with Crippen LogP contribution in [0.5, 0.6) is 0 Å². The highest BCUT2D eigenvalue weighted by Gasteiger charge is 2.44. The van der Waals surface area contributed by atoms with E-state index in [1.165, 1.54) is 19.3 Å². The Labute approximate surface area is 128 Å². The molecule has 1 N–H and O–H groups in total. The lowest BCUT2D eigenvalue weighted by atomic mass is 10.0. The van der Waals surface area contributed by atoms with E-state index < -0.39 is 0 Å². The van der Waals surface area contributed by atoms with Crippen LogP contribution in [0.1, 0.15) is 65.2 Å². The standard InChI is InChI=1S/C17H30N2O2/c1-3-4-5-7-10-18-16(20)15-9-6-8-11-19(15)17(21)14-12-13(14)2/h13-15H,3-12H2,1-2H3,(H,18,20)/t13-,14-,15+/m1/s1. The summed E-state index contributed by atoms with van der Waals surface area (Å²) in [6, 6.07) is -0.217. The molecule has 0 aromatic carbocycles. The van der Waals surface area contributed by atoms with Crippen LogP contribution in [0.3, 0.4) is 0 Å². The van der Waals surface area contributed by atoms with E-state index in [-0.39, 0.29) is 23.8 Å². The third-order valence-electron chi connectivity index (χ3n) is 4.84. The fraction of sp³-hybridized carbons (Fsp3) is 0.882. The van der Waals surface area contributed by atoms with E-state index in [0.29, 0.717) is 5.92 Å². The van der Waals surface area contributed by atoms with Crippen molar-refractivity contribution in [2.75, 3.05) is 13.1 Å². The topological polar surface area (TPSA) is 49.4 Å². The van der Waals surface area contributed by atoms with Crippen LogP contribution in [-0.2, 0) is 9.59 Å². The van der Waals surface area contributed by atoms with E-state index in [4.69, 9.17) is 0 Å². The first-order valence-electron chi connectivity index (χ1n) is 8.73. The largest absolute Gasteiger partial charge is 0.354 e. The molecule has 2 rings (SSSR count). The van der Waals surface area contributed by atoms with Crippen molar-refractivity contribution in [3.63, 3.8) is 0 Å². The summed E-state index contributed by atoms with van der Waals surface area (Å²) in [4.78, 5) is 26.7. The van der Waals surface area contributed by atoms with Gasteiger partial charge >= 0.3 is 0 Å². The Bertz CT molecular complexity index is 370. The van der Waals surface area contributed by atoms with E-state index in [1.807, 2.05) is 4.90 Å². The minimum atomic E-state index is -0.217. The molecule has 2 aliphatic rings. The third-order valence-corrected chi connectivity index (χ3v) is 4.84. The fourth-order valence-electron chi connectivity index (χ4n) is 3.23. The molecule has 2 fully saturated rings. The van der Waals surface area contributed by atoms with Gasteiger partial charge in [0.25, 0.3) is 0 Å². The average molecular weight is 294 g/mol. The molecule has 0 aromatic heterocycles. The molecule has 4 nitrogen and oxygen atoms in total. The molecule has 0 unspecified atom stereocenters. The Balaban J connectivity index is 1.80. The monoisotopic (exact) mass is 294 g/mol. The third kappa shape index (κ3) is 4.45. The number of hydrogen-bond donors (Lipinski definition) is 1. The molecule has 0 aromatic rings. The first-order chi connectivity index (χ1) is 10.1. The van der Waals surface area contributed by atoms with Crippen molar-refractivity contribution in [3.05, 3.63) is 0 Å². The summed E-state index contributed by atoms with van der Waals surface area (Å²) in [6.45, 7) is 5.81. The maximum absolute atomic E-state index is 12.4. The summed E-state index contributed by atoms with van der Waals surface area (Å²) in [7, 11) is 0. The fourth-order valence-corrected chi connectivity index (χ4v) is 3.23. The number of piperidine rings is 1. The van der Waals surface area contributed by atoms with E-state index in [9.17, 15) is 9.59 Å². The normalized spacial score (nSPS) is 28.3. The zero-order valence-corrected chi connectivity index (χ0v) is 13.6. The average Bonchev–Trinajstić information content (AvgIpc) is 3.23. The van der Waals surface area contributed by atoms with Gasteiger partial charge in [0.05, 0.1) is 0 Å². The SMILES string of the molecule is CCCCCCNC(=O)[C@@H]1CCCCN1C(=O)[C@@H]1C[C@H]1C. The number of likely N-dealkylation sites (tertiary alicyclic amines) is 1. The molecule has 21 heavy (non-hydrogen) atoms. The highest BCUT2D eigenvalue weighted by atomic mass is 16.2. The summed E-state index contributed by atoms with van der Waals surface area (Å²) in [5.74, 6) is 0.973. The predicted molar refractivity (Wildman–Crippen MR) is 83.8 cm³/mol. The molecule has 4 heteroatoms. The van der Waals surface area contributed by atoms with Gasteiger partial charge < -0.3 is 10.2 Å². The van der Waals surface area contributed by atoms with Gasteiger partial charge in [-0.05, 0) is 38.0 Å². The molecular formula is C17H30N2O2. The number of unbranched alkanes of at least 4 members (excludes halogenated alkanes) is 3. The van der Waals surface area contributed by atoms with Crippen molar-refractivity contribution >= 4 is 11.8 Å². The second-order valence-electron chi connectivity index (χ2n) is 6.71. The lowest BCUT2D eigenvalue weighted by molar-refractivity contribution is -0.143. The molecule has 0 spiro atoms. The molecule has 1 saturated heterocycles. The number of amides is 2. The van der Waals surface area contributed by atoms with Crippen molar-refractivity contribution in [2.24, 2.45) is 11.8 Å². The first-order valence-corrected chi connectivity index (χ1v) is 8.73. The maximum atomic E-state index is 12.4. The molecule has 1 aliphatic carbocycles. The van der Waals surface area contributed by atoms with Crippen molar-refractivity contribution in [2.45, 2.75) is 71.3 Å². The van der Waals surface area contributed by atoms with E-state index in [0.717, 1.165) is 45.2 Å². The van der Waals surface area contributed by atoms with Gasteiger partial charge in [-0.15, -0.1) is 0 Å². The van der Waals surface area contributed by atoms with E-state index >= 15 is 0 Å². The molecule has 2 amide bonds. The zero-order chi connectivity index (χ0) is 15.2. The Morgan fingerprint density at radius 3 is 2.62 bits per heavy atom. The van der Waals surface area contributed by atoms with Gasteiger partial charge in [-0.25, -0.2) is 0 Å². The summed E-state index contributed by atoms with van der Waals surface area (Å²) in [5.41, 5.74) is 0. The van der Waals surface area contributed by atoms with Gasteiger partial charge in [0.15, 0.2) is 0 Å². The highest BCUT2D eigenvalue weighted by Crippen LogP contribution is 2.40. The minimum absolute atomic E-state index is 0.0628. The van der Waals surface area contributed by atoms with Crippen LogP contribution in [0.15, 0.2) is 0 Å². The highest BCUT2D eigenvalue weighted by molar-refractivity contribution is 5.89. The Morgan fingerprint density at radius 1 is 1.19 bits per heavy atom. The lowest BCUT2D eigenvalue weighted by Crippen LogP contribution is -2.52. The van der Waals surface area contributed by atoms with Gasteiger partial charge in [0, 0.05) is 19.0 Å². The number of nitrogens with zero attached hydrogens (tertiary/aromatic N) is 1. The quantitative estimate of drug-likeness (QED) is 0.734. The van der Waals surface area contributed by atoms with Crippen LogP contribution in [0.4, 0.5) is 0 Å². The molecule has 1 heterocycles. The van der Waals surface area contributed by atoms with Gasteiger partial charge in [-0.1, -0.05) is 33.1 Å². The van der Waals surface area contributed by atoms with Crippen molar-refractivity contribution < 1.29 is 9.59 Å². The molecule has 1 saturated carbocycles. The zero-order valence-electron chi connectivity index (χ0n) is 13.6. The van der Waals surface area contributed by atoms with E-state index in [2.05, 4.69) is 19.2 Å². The van der Waals surface area contributed by atoms with Crippen LogP contribution in [0.25, 0.3) is 0 Å². The van der Waals surface area contributed by atoms with Crippen LogP contribution in [0, 0.1) is 11.8 Å². The molecular weight excluding hydrogens is 264 g/mol. The summed E-state index contributed by atoms with van der Waals surface area (Å²) in [6.07, 6.45) is 8.56. The first kappa shape index (κ1) is 16.3. The minimum Gasteiger partial charge on any atom is -0.354 e. The van der Waals surface area contributed by atoms with Gasteiger partial charge in [0.2, 0.25) is 11.8 Å². The van der Waals surface area contributed by atoms with Crippen molar-refractivity contribution in [3.8, 4) is 0 Å². The van der Waals surface area contributed by atoms with Gasteiger partial charge in [-0.2, -0.15) is 0 Å². The second kappa shape index (κ2) is 7.81. The Morgan fingerprint density at radius 2 is 1.95 bits per heavy atom. The summed E-state index contributed by atoms with van der Waals surface area (Å²) in [5, 5.41) is 3.03. The molecule has 120 valence electrons.